The van der Waals surface area contributed by atoms with Crippen LogP contribution in [0.25, 0.3) is 11.2 Å². The molecule has 4 rings (SSSR count). The van der Waals surface area contributed by atoms with Crippen LogP contribution in [-0.2, 0) is 32.2 Å². The fourth-order valence-electron chi connectivity index (χ4n) is 3.53. The highest BCUT2D eigenvalue weighted by molar-refractivity contribution is 5.84. The maximum atomic E-state index is 13.0. The summed E-state index contributed by atoms with van der Waals surface area (Å²) in [4.78, 5) is 63.7. The highest BCUT2D eigenvalue weighted by atomic mass is 16.7. The van der Waals surface area contributed by atoms with Crippen LogP contribution in [0.3, 0.4) is 0 Å². The average molecular weight is 487 g/mol. The van der Waals surface area contributed by atoms with E-state index in [1.54, 1.807) is 13.8 Å². The lowest BCUT2D eigenvalue weighted by Crippen LogP contribution is -2.70. The predicted octanol–water partition coefficient (Wildman–Crippen LogP) is -2.02. The third kappa shape index (κ3) is 5.20. The van der Waals surface area contributed by atoms with E-state index in [4.69, 9.17) is 15.2 Å². The third-order valence-electron chi connectivity index (χ3n) is 5.34. The van der Waals surface area contributed by atoms with Crippen LogP contribution in [0.5, 0.6) is 0 Å². The number of nitrogen functional groups attached to an aromatic ring is 1. The zero-order valence-electron chi connectivity index (χ0n) is 19.3. The van der Waals surface area contributed by atoms with Gasteiger partial charge in [-0.3, -0.25) is 23.9 Å². The topological polar surface area (TPSA) is 201 Å². The van der Waals surface area contributed by atoms with Crippen LogP contribution < -0.4 is 27.6 Å². The van der Waals surface area contributed by atoms with E-state index in [-0.39, 0.29) is 31.1 Å². The summed E-state index contributed by atoms with van der Waals surface area (Å²) in [6, 6.07) is 0. The normalized spacial score (nSPS) is 16.7. The molecule has 0 spiro atoms. The van der Waals surface area contributed by atoms with Gasteiger partial charge >= 0.3 is 5.69 Å². The Kier molecular flexibility index (Phi) is 6.12. The number of H-pyrrole nitrogens is 1. The number of aryl methyl sites for hydroxylation is 1. The molecule has 0 saturated carbocycles. The van der Waals surface area contributed by atoms with Crippen molar-refractivity contribution in [3.63, 3.8) is 0 Å². The molecule has 15 nitrogen and oxygen atoms in total. The Hall–Kier alpha value is -4.11. The molecular weight excluding hydrogens is 462 g/mol. The second-order valence-corrected chi connectivity index (χ2v) is 8.66. The van der Waals surface area contributed by atoms with Crippen LogP contribution >= 0.6 is 0 Å². The van der Waals surface area contributed by atoms with Crippen molar-refractivity contribution in [2.45, 2.75) is 45.3 Å². The summed E-state index contributed by atoms with van der Waals surface area (Å²) in [6.45, 7) is 4.12. The number of imidazole rings is 1. The van der Waals surface area contributed by atoms with Gasteiger partial charge in [-0.2, -0.15) is 0 Å². The van der Waals surface area contributed by atoms with E-state index in [1.165, 1.54) is 30.3 Å². The molecule has 1 aliphatic heterocycles. The van der Waals surface area contributed by atoms with E-state index in [0.29, 0.717) is 11.2 Å². The number of amides is 2. The van der Waals surface area contributed by atoms with Gasteiger partial charge in [0.2, 0.25) is 11.8 Å². The molecule has 186 valence electrons. The average Bonchev–Trinajstić information content (AvgIpc) is 3.18. The summed E-state index contributed by atoms with van der Waals surface area (Å²) in [5, 5.41) is 5.44. The smallest absolute Gasteiger partial charge is 0.328 e. The maximum Gasteiger partial charge on any atom is 0.328 e. The molecule has 35 heavy (non-hydrogen) atoms. The molecule has 1 aliphatic rings. The van der Waals surface area contributed by atoms with E-state index in [9.17, 15) is 19.2 Å². The number of carbonyl (C=O) groups excluding carboxylic acids is 2. The molecule has 1 saturated heterocycles. The lowest BCUT2D eigenvalue weighted by atomic mass is 10.1. The number of nitrogens with two attached hydrogens (primary N) is 1. The van der Waals surface area contributed by atoms with Gasteiger partial charge in [0.15, 0.2) is 22.9 Å². The van der Waals surface area contributed by atoms with E-state index in [2.05, 4.69) is 30.6 Å². The Morgan fingerprint density at radius 1 is 1.09 bits per heavy atom. The SMILES string of the molecule is Cc1cn(CC(=O)NC2(NC(=O)Cn3cnc4c(N)ncnc43)COC(C)(C)OC2)c(=O)[nH]c1=O. The summed E-state index contributed by atoms with van der Waals surface area (Å²) in [6.07, 6.45) is 3.95. The predicted molar refractivity (Wildman–Crippen MR) is 121 cm³/mol. The number of carbonyl (C=O) groups is 2. The first-order valence-electron chi connectivity index (χ1n) is 10.6. The summed E-state index contributed by atoms with van der Waals surface area (Å²) < 4.78 is 13.9. The molecule has 0 unspecified atom stereocenters. The quantitative estimate of drug-likeness (QED) is 0.281. The van der Waals surface area contributed by atoms with Gasteiger partial charge in [-0.1, -0.05) is 0 Å². The van der Waals surface area contributed by atoms with Gasteiger partial charge in [0.05, 0.1) is 19.5 Å². The van der Waals surface area contributed by atoms with Crippen molar-refractivity contribution in [2.24, 2.45) is 0 Å². The van der Waals surface area contributed by atoms with Gasteiger partial charge in [0.1, 0.15) is 24.9 Å². The number of ether oxygens (including phenoxy) is 2. The number of aromatic amines is 1. The molecule has 4 heterocycles. The molecule has 0 radical (unpaired) electrons. The lowest BCUT2D eigenvalue weighted by molar-refractivity contribution is -0.274. The minimum atomic E-state index is -1.42. The second kappa shape index (κ2) is 8.92. The van der Waals surface area contributed by atoms with Crippen molar-refractivity contribution in [1.82, 2.24) is 39.7 Å². The number of nitrogens with zero attached hydrogens (tertiary/aromatic N) is 5. The number of rotatable bonds is 6. The van der Waals surface area contributed by atoms with Crippen molar-refractivity contribution in [3.05, 3.63) is 45.3 Å². The fraction of sp³-hybridized carbons (Fsp3) is 0.450. The highest BCUT2D eigenvalue weighted by Gasteiger charge is 2.42. The first-order chi connectivity index (χ1) is 16.5. The van der Waals surface area contributed by atoms with Crippen molar-refractivity contribution < 1.29 is 19.1 Å². The Morgan fingerprint density at radius 3 is 2.37 bits per heavy atom. The van der Waals surface area contributed by atoms with Crippen molar-refractivity contribution in [1.29, 1.82) is 0 Å². The number of fused-ring (bicyclic) bond motifs is 1. The Labute approximate surface area is 197 Å². The van der Waals surface area contributed by atoms with Crippen LogP contribution in [-0.4, -0.2) is 65.5 Å². The van der Waals surface area contributed by atoms with E-state index in [0.717, 1.165) is 4.57 Å². The Bertz CT molecular complexity index is 1400. The summed E-state index contributed by atoms with van der Waals surface area (Å²) in [5.74, 6) is -1.85. The van der Waals surface area contributed by atoms with Crippen molar-refractivity contribution in [3.8, 4) is 0 Å². The number of anilines is 1. The number of hydrogen-bond donors (Lipinski definition) is 4. The molecule has 0 aromatic carbocycles. The van der Waals surface area contributed by atoms with Crippen molar-refractivity contribution in [2.75, 3.05) is 18.9 Å². The van der Waals surface area contributed by atoms with E-state index >= 15 is 0 Å². The first-order valence-corrected chi connectivity index (χ1v) is 10.6. The van der Waals surface area contributed by atoms with Crippen LogP contribution in [0.2, 0.25) is 0 Å². The van der Waals surface area contributed by atoms with Crippen molar-refractivity contribution >= 4 is 28.8 Å². The van der Waals surface area contributed by atoms with Gasteiger partial charge in [0, 0.05) is 11.8 Å². The van der Waals surface area contributed by atoms with Crippen LogP contribution in [0, 0.1) is 6.92 Å². The molecule has 3 aromatic rings. The zero-order chi connectivity index (χ0) is 25.4. The van der Waals surface area contributed by atoms with Gasteiger partial charge in [-0.05, 0) is 20.8 Å². The van der Waals surface area contributed by atoms with Crippen LogP contribution in [0.15, 0.2) is 28.4 Å². The minimum absolute atomic E-state index is 0.100. The molecule has 0 bridgehead atoms. The van der Waals surface area contributed by atoms with Crippen LogP contribution in [0.1, 0.15) is 19.4 Å². The molecule has 0 atom stereocenters. The van der Waals surface area contributed by atoms with Gasteiger partial charge < -0.3 is 30.4 Å². The number of aromatic nitrogens is 6. The monoisotopic (exact) mass is 487 g/mol. The second-order valence-electron chi connectivity index (χ2n) is 8.66. The summed E-state index contributed by atoms with van der Waals surface area (Å²) >= 11 is 0. The molecule has 0 aliphatic carbocycles. The van der Waals surface area contributed by atoms with E-state index in [1.807, 2.05) is 0 Å². The van der Waals surface area contributed by atoms with E-state index < -0.39 is 41.1 Å². The first kappa shape index (κ1) is 24.0. The zero-order valence-corrected chi connectivity index (χ0v) is 19.3. The molecule has 15 heteroatoms. The molecule has 2 amide bonds. The molecule has 1 fully saturated rings. The lowest BCUT2D eigenvalue weighted by Gasteiger charge is -2.44. The van der Waals surface area contributed by atoms with Gasteiger partial charge in [-0.25, -0.2) is 19.7 Å². The number of hydrogen-bond acceptors (Lipinski definition) is 10. The molecule has 5 N–H and O–H groups in total. The van der Waals surface area contributed by atoms with Gasteiger partial charge in [0.25, 0.3) is 5.56 Å². The molecular formula is C20H25N9O6. The summed E-state index contributed by atoms with van der Waals surface area (Å²) in [7, 11) is 0. The molecule has 3 aromatic heterocycles. The summed E-state index contributed by atoms with van der Waals surface area (Å²) in [5.41, 5.74) is 4.09. The third-order valence-corrected chi connectivity index (χ3v) is 5.34. The highest BCUT2D eigenvalue weighted by Crippen LogP contribution is 2.22. The van der Waals surface area contributed by atoms with Gasteiger partial charge in [-0.15, -0.1) is 0 Å². The maximum absolute atomic E-state index is 13.0. The Morgan fingerprint density at radius 2 is 1.71 bits per heavy atom. The number of nitrogens with one attached hydrogen (secondary N) is 3. The Balaban J connectivity index is 1.52. The minimum Gasteiger partial charge on any atom is -0.382 e. The standard InChI is InChI=1S/C20H25N9O6/c1-11-4-28(18(33)25-17(11)32)5-12(30)26-20(7-34-19(2,3)35-8-20)27-13(31)6-29-10-24-14-15(21)22-9-23-16(14)29/h4,9-10H,5-8H2,1-3H3,(H,26,30)(H,27,31)(H2,21,22,23)(H,25,32,33). The van der Waals surface area contributed by atoms with Crippen LogP contribution in [0.4, 0.5) is 5.82 Å². The fourth-order valence-corrected chi connectivity index (χ4v) is 3.53. The largest absolute Gasteiger partial charge is 0.382 e.